The van der Waals surface area contributed by atoms with Crippen molar-refractivity contribution in [3.05, 3.63) is 87.8 Å². The smallest absolute Gasteiger partial charge is 0.293 e. The zero-order chi connectivity index (χ0) is 25.5. The average Bonchev–Trinajstić information content (AvgIpc) is 3.16. The Kier molecular flexibility index (Phi) is 8.40. The fraction of sp³-hybridized carbons (Fsp3) is 0.185. The number of ether oxygens (including phenoxy) is 4. The van der Waals surface area contributed by atoms with Crippen LogP contribution in [-0.2, 0) is 11.4 Å². The minimum atomic E-state index is -0.395. The van der Waals surface area contributed by atoms with Gasteiger partial charge in [0, 0.05) is 16.1 Å². The molecular formula is C27H24ClNO6S. The molecule has 0 radical (unpaired) electrons. The molecule has 1 aliphatic rings. The number of benzene rings is 3. The fourth-order valence-electron chi connectivity index (χ4n) is 3.55. The van der Waals surface area contributed by atoms with Gasteiger partial charge in [-0.1, -0.05) is 54.1 Å². The van der Waals surface area contributed by atoms with E-state index in [0.717, 1.165) is 22.2 Å². The Bertz CT molecular complexity index is 1290. The summed E-state index contributed by atoms with van der Waals surface area (Å²) < 4.78 is 22.5. The van der Waals surface area contributed by atoms with Crippen LogP contribution in [0.5, 0.6) is 23.0 Å². The maximum atomic E-state index is 13.0. The second kappa shape index (κ2) is 11.9. The summed E-state index contributed by atoms with van der Waals surface area (Å²) in [5.74, 6) is 1.67. The van der Waals surface area contributed by atoms with Gasteiger partial charge in [0.05, 0.1) is 25.7 Å². The van der Waals surface area contributed by atoms with Crippen LogP contribution in [0.1, 0.15) is 11.1 Å². The van der Waals surface area contributed by atoms with Crippen LogP contribution in [0, 0.1) is 0 Å². The number of thioether (sulfide) groups is 1. The monoisotopic (exact) mass is 525 g/mol. The van der Waals surface area contributed by atoms with Gasteiger partial charge in [-0.15, -0.1) is 0 Å². The summed E-state index contributed by atoms with van der Waals surface area (Å²) in [6.45, 7) is 0.452. The van der Waals surface area contributed by atoms with Crippen molar-refractivity contribution in [3.8, 4) is 23.0 Å². The Balaban J connectivity index is 1.49. The molecule has 0 aromatic heterocycles. The maximum Gasteiger partial charge on any atom is 0.293 e. The first-order valence-corrected chi connectivity index (χ1v) is 12.3. The van der Waals surface area contributed by atoms with Gasteiger partial charge in [0.1, 0.15) is 13.2 Å². The quantitative estimate of drug-likeness (QED) is 0.298. The van der Waals surface area contributed by atoms with Gasteiger partial charge in [-0.05, 0) is 42.1 Å². The third-order valence-corrected chi connectivity index (χ3v) is 6.64. The second-order valence-electron chi connectivity index (χ2n) is 7.59. The van der Waals surface area contributed by atoms with Crippen molar-refractivity contribution in [2.75, 3.05) is 27.4 Å². The standard InChI is InChI=1S/C27H24ClNO6S/c1-32-21-11-5-6-12-22(21)34-15-14-29-26(30)24(36-27(29)31)16-18-9-7-13-23(33-2)25(18)35-17-19-8-3-4-10-20(19)28/h3-13,16H,14-15,17H2,1-2H3/b24-16-. The molecule has 0 aliphatic carbocycles. The third-order valence-electron chi connectivity index (χ3n) is 5.36. The Morgan fingerprint density at radius 1 is 0.861 bits per heavy atom. The minimum absolute atomic E-state index is 0.105. The maximum absolute atomic E-state index is 13.0. The molecule has 0 atom stereocenters. The molecule has 7 nitrogen and oxygen atoms in total. The third kappa shape index (κ3) is 5.78. The molecule has 0 spiro atoms. The molecule has 186 valence electrons. The largest absolute Gasteiger partial charge is 0.493 e. The van der Waals surface area contributed by atoms with Crippen LogP contribution >= 0.6 is 23.4 Å². The number of amides is 2. The van der Waals surface area contributed by atoms with Crippen LogP contribution < -0.4 is 18.9 Å². The van der Waals surface area contributed by atoms with E-state index < -0.39 is 5.91 Å². The van der Waals surface area contributed by atoms with Gasteiger partial charge in [0.2, 0.25) is 0 Å². The number of carbonyl (C=O) groups excluding carboxylic acids is 2. The lowest BCUT2D eigenvalue weighted by molar-refractivity contribution is -0.123. The summed E-state index contributed by atoms with van der Waals surface area (Å²) in [7, 11) is 3.09. The van der Waals surface area contributed by atoms with Crippen molar-refractivity contribution >= 4 is 40.6 Å². The molecule has 1 fully saturated rings. The lowest BCUT2D eigenvalue weighted by Gasteiger charge is -2.15. The van der Waals surface area contributed by atoms with E-state index in [4.69, 9.17) is 30.5 Å². The summed E-state index contributed by atoms with van der Waals surface area (Å²) in [4.78, 5) is 27.1. The molecule has 0 bridgehead atoms. The van der Waals surface area contributed by atoms with Crippen molar-refractivity contribution in [3.63, 3.8) is 0 Å². The van der Waals surface area contributed by atoms with E-state index in [1.165, 1.54) is 7.11 Å². The van der Waals surface area contributed by atoms with E-state index in [1.807, 2.05) is 30.3 Å². The normalized spacial score (nSPS) is 14.3. The Hall–Kier alpha value is -3.62. The van der Waals surface area contributed by atoms with Crippen LogP contribution in [0.25, 0.3) is 6.08 Å². The number of nitrogens with zero attached hydrogens (tertiary/aromatic N) is 1. The van der Waals surface area contributed by atoms with E-state index in [9.17, 15) is 9.59 Å². The molecule has 4 rings (SSSR count). The van der Waals surface area contributed by atoms with Crippen LogP contribution in [0.2, 0.25) is 5.02 Å². The second-order valence-corrected chi connectivity index (χ2v) is 8.99. The first kappa shape index (κ1) is 25.5. The summed E-state index contributed by atoms with van der Waals surface area (Å²) >= 11 is 7.13. The highest BCUT2D eigenvalue weighted by Crippen LogP contribution is 2.38. The van der Waals surface area contributed by atoms with Crippen LogP contribution in [0.3, 0.4) is 0 Å². The Labute approximate surface area is 218 Å². The fourth-order valence-corrected chi connectivity index (χ4v) is 4.59. The molecule has 36 heavy (non-hydrogen) atoms. The summed E-state index contributed by atoms with van der Waals surface area (Å²) in [6.07, 6.45) is 1.64. The first-order valence-electron chi connectivity index (χ1n) is 11.1. The zero-order valence-electron chi connectivity index (χ0n) is 19.7. The van der Waals surface area contributed by atoms with Crippen molar-refractivity contribution in [1.82, 2.24) is 4.90 Å². The van der Waals surface area contributed by atoms with Gasteiger partial charge < -0.3 is 18.9 Å². The summed E-state index contributed by atoms with van der Waals surface area (Å²) in [5, 5.41) is 0.224. The number of rotatable bonds is 10. The van der Waals surface area contributed by atoms with E-state index in [0.29, 0.717) is 33.6 Å². The Morgan fingerprint density at radius 3 is 2.31 bits per heavy atom. The minimum Gasteiger partial charge on any atom is -0.493 e. The van der Waals surface area contributed by atoms with Gasteiger partial charge in [0.25, 0.3) is 11.1 Å². The van der Waals surface area contributed by atoms with E-state index in [2.05, 4.69) is 0 Å². The average molecular weight is 526 g/mol. The van der Waals surface area contributed by atoms with Crippen LogP contribution in [0.4, 0.5) is 4.79 Å². The zero-order valence-corrected chi connectivity index (χ0v) is 21.3. The lowest BCUT2D eigenvalue weighted by Crippen LogP contribution is -2.32. The first-order chi connectivity index (χ1) is 17.5. The SMILES string of the molecule is COc1ccccc1OCCN1C(=O)S/C(=C\c2cccc(OC)c2OCc2ccccc2Cl)C1=O. The number of hydrogen-bond acceptors (Lipinski definition) is 7. The molecule has 9 heteroatoms. The number of imide groups is 1. The number of carbonyl (C=O) groups is 2. The topological polar surface area (TPSA) is 74.3 Å². The van der Waals surface area contributed by atoms with Gasteiger partial charge in [-0.3, -0.25) is 14.5 Å². The summed E-state index contributed by atoms with van der Waals surface area (Å²) in [5.41, 5.74) is 1.42. The summed E-state index contributed by atoms with van der Waals surface area (Å²) in [6, 6.07) is 19.9. The van der Waals surface area contributed by atoms with E-state index in [-0.39, 0.29) is 29.9 Å². The molecule has 0 unspecified atom stereocenters. The van der Waals surface area contributed by atoms with Gasteiger partial charge in [0.15, 0.2) is 23.0 Å². The van der Waals surface area contributed by atoms with Crippen LogP contribution in [0.15, 0.2) is 71.6 Å². The highest BCUT2D eigenvalue weighted by molar-refractivity contribution is 8.18. The molecule has 0 saturated carbocycles. The van der Waals surface area contributed by atoms with Crippen molar-refractivity contribution in [1.29, 1.82) is 0 Å². The molecule has 3 aromatic rings. The van der Waals surface area contributed by atoms with Crippen molar-refractivity contribution in [2.24, 2.45) is 0 Å². The lowest BCUT2D eigenvalue weighted by atomic mass is 10.1. The van der Waals surface area contributed by atoms with E-state index >= 15 is 0 Å². The highest BCUT2D eigenvalue weighted by Gasteiger charge is 2.35. The molecule has 0 N–H and O–H groups in total. The number of para-hydroxylation sites is 3. The number of methoxy groups -OCH3 is 2. The molecule has 3 aromatic carbocycles. The molecule has 2 amide bonds. The molecular weight excluding hydrogens is 502 g/mol. The van der Waals surface area contributed by atoms with Gasteiger partial charge >= 0.3 is 0 Å². The molecule has 1 heterocycles. The predicted octanol–water partition coefficient (Wildman–Crippen LogP) is 6.05. The van der Waals surface area contributed by atoms with Gasteiger partial charge in [-0.25, -0.2) is 0 Å². The van der Waals surface area contributed by atoms with E-state index in [1.54, 1.807) is 49.6 Å². The number of hydrogen-bond donors (Lipinski definition) is 0. The van der Waals surface area contributed by atoms with Gasteiger partial charge in [-0.2, -0.15) is 0 Å². The van der Waals surface area contributed by atoms with Crippen molar-refractivity contribution < 1.29 is 28.5 Å². The Morgan fingerprint density at radius 2 is 1.56 bits per heavy atom. The van der Waals surface area contributed by atoms with Crippen molar-refractivity contribution in [2.45, 2.75) is 6.61 Å². The molecule has 1 saturated heterocycles. The predicted molar refractivity (Wildman–Crippen MR) is 140 cm³/mol. The number of halogens is 1. The molecule has 1 aliphatic heterocycles. The highest BCUT2D eigenvalue weighted by atomic mass is 35.5. The van der Waals surface area contributed by atoms with Crippen LogP contribution in [-0.4, -0.2) is 43.4 Å².